The number of hydrogen-bond donors (Lipinski definition) is 1. The van der Waals surface area contributed by atoms with Gasteiger partial charge in [-0.2, -0.15) is 0 Å². The second kappa shape index (κ2) is 15.8. The lowest BCUT2D eigenvalue weighted by Crippen LogP contribution is -2.27. The lowest BCUT2D eigenvalue weighted by atomic mass is 9.87. The molecular formula is C21H44O. The van der Waals surface area contributed by atoms with Gasteiger partial charge in [-0.15, -0.1) is 0 Å². The maximum Gasteiger partial charge on any atom is 0.0645 e. The minimum atomic E-state index is -0.368. The molecule has 1 heteroatoms. The maximum atomic E-state index is 10.7. The van der Waals surface area contributed by atoms with Crippen molar-refractivity contribution in [3.63, 3.8) is 0 Å². The van der Waals surface area contributed by atoms with E-state index in [1.165, 1.54) is 89.9 Å². The van der Waals surface area contributed by atoms with Crippen LogP contribution >= 0.6 is 0 Å². The lowest BCUT2D eigenvalue weighted by molar-refractivity contribution is 0.0140. The summed E-state index contributed by atoms with van der Waals surface area (Å²) in [5, 5.41) is 10.7. The summed E-state index contributed by atoms with van der Waals surface area (Å²) in [6.07, 6.45) is 21.7. The molecule has 0 aromatic rings. The topological polar surface area (TPSA) is 20.2 Å². The van der Waals surface area contributed by atoms with Gasteiger partial charge in [-0.3, -0.25) is 0 Å². The Labute approximate surface area is 141 Å². The van der Waals surface area contributed by atoms with Crippen molar-refractivity contribution < 1.29 is 5.11 Å². The molecule has 0 heterocycles. The summed E-state index contributed by atoms with van der Waals surface area (Å²) in [4.78, 5) is 0. The number of hydrogen-bond acceptors (Lipinski definition) is 1. The fourth-order valence-electron chi connectivity index (χ4n) is 3.30. The molecule has 22 heavy (non-hydrogen) atoms. The highest BCUT2D eigenvalue weighted by Crippen LogP contribution is 2.26. The molecule has 0 saturated heterocycles. The third-order valence-electron chi connectivity index (χ3n) is 5.15. The molecule has 0 saturated carbocycles. The molecule has 134 valence electrons. The minimum absolute atomic E-state index is 0.368. The van der Waals surface area contributed by atoms with E-state index in [4.69, 9.17) is 0 Å². The van der Waals surface area contributed by atoms with Crippen LogP contribution in [0.4, 0.5) is 0 Å². The van der Waals surface area contributed by atoms with Gasteiger partial charge in [-0.25, -0.2) is 0 Å². The van der Waals surface area contributed by atoms with E-state index < -0.39 is 0 Å². The van der Waals surface area contributed by atoms with Crippen molar-refractivity contribution in [1.29, 1.82) is 0 Å². The van der Waals surface area contributed by atoms with E-state index in [0.717, 1.165) is 19.3 Å². The van der Waals surface area contributed by atoms with Crippen LogP contribution in [0.2, 0.25) is 0 Å². The van der Waals surface area contributed by atoms with Crippen LogP contribution in [0.15, 0.2) is 0 Å². The molecule has 0 bridgehead atoms. The van der Waals surface area contributed by atoms with Crippen LogP contribution in [-0.4, -0.2) is 10.7 Å². The molecule has 0 fully saturated rings. The van der Waals surface area contributed by atoms with Gasteiger partial charge in [-0.1, -0.05) is 111 Å². The zero-order chi connectivity index (χ0) is 16.5. The predicted octanol–water partition coefficient (Wildman–Crippen LogP) is 7.41. The van der Waals surface area contributed by atoms with Gasteiger partial charge in [-0.05, 0) is 19.3 Å². The Morgan fingerprint density at radius 2 is 0.818 bits per heavy atom. The summed E-state index contributed by atoms with van der Waals surface area (Å²) in [6.45, 7) is 6.69. The fraction of sp³-hybridized carbons (Fsp3) is 1.00. The number of aliphatic hydroxyl groups is 1. The van der Waals surface area contributed by atoms with E-state index in [-0.39, 0.29) is 5.60 Å². The Morgan fingerprint density at radius 1 is 0.500 bits per heavy atom. The van der Waals surface area contributed by atoms with Crippen molar-refractivity contribution in [3.05, 3.63) is 0 Å². The van der Waals surface area contributed by atoms with E-state index in [9.17, 15) is 5.11 Å². The second-order valence-corrected chi connectivity index (χ2v) is 7.32. The number of unbranched alkanes of at least 4 members (excludes halogenated alkanes) is 12. The molecule has 0 aliphatic carbocycles. The van der Waals surface area contributed by atoms with Gasteiger partial charge in [0.15, 0.2) is 0 Å². The number of rotatable bonds is 17. The van der Waals surface area contributed by atoms with Gasteiger partial charge in [0, 0.05) is 0 Å². The molecule has 0 amide bonds. The van der Waals surface area contributed by atoms with Crippen LogP contribution < -0.4 is 0 Å². The predicted molar refractivity (Wildman–Crippen MR) is 100 cm³/mol. The van der Waals surface area contributed by atoms with Gasteiger partial charge in [0.05, 0.1) is 5.60 Å². The Morgan fingerprint density at radius 3 is 1.14 bits per heavy atom. The van der Waals surface area contributed by atoms with E-state index >= 15 is 0 Å². The summed E-state index contributed by atoms with van der Waals surface area (Å²) in [5.74, 6) is 0. The molecule has 0 aromatic carbocycles. The van der Waals surface area contributed by atoms with Crippen molar-refractivity contribution in [2.45, 2.75) is 136 Å². The summed E-state index contributed by atoms with van der Waals surface area (Å²) in [5.41, 5.74) is -0.368. The summed E-state index contributed by atoms with van der Waals surface area (Å²) in [7, 11) is 0. The maximum absolute atomic E-state index is 10.7. The summed E-state index contributed by atoms with van der Waals surface area (Å²) in [6, 6.07) is 0. The molecular weight excluding hydrogens is 268 g/mol. The standard InChI is InChI=1S/C21H44O/c1-4-7-9-11-13-15-17-19-21(22,6-3)20-18-16-14-12-10-8-5-2/h22H,4-20H2,1-3H3. The average Bonchev–Trinajstić information content (AvgIpc) is 2.53. The molecule has 1 N–H and O–H groups in total. The van der Waals surface area contributed by atoms with Gasteiger partial charge in [0.25, 0.3) is 0 Å². The van der Waals surface area contributed by atoms with Crippen molar-refractivity contribution in [3.8, 4) is 0 Å². The Kier molecular flexibility index (Phi) is 15.8. The van der Waals surface area contributed by atoms with Crippen LogP contribution in [0.25, 0.3) is 0 Å². The Hall–Kier alpha value is -0.0400. The molecule has 0 aliphatic rings. The SMILES string of the molecule is CCCCCCCCCC(O)(CC)CCCCCCCCC. The molecule has 0 rings (SSSR count). The minimum Gasteiger partial charge on any atom is -0.390 e. The zero-order valence-corrected chi connectivity index (χ0v) is 16.0. The first kappa shape index (κ1) is 22.0. The quantitative estimate of drug-likeness (QED) is 0.277. The summed E-state index contributed by atoms with van der Waals surface area (Å²) >= 11 is 0. The first-order valence-corrected chi connectivity index (χ1v) is 10.4. The van der Waals surface area contributed by atoms with Gasteiger partial charge in [0.1, 0.15) is 0 Å². The van der Waals surface area contributed by atoms with Crippen LogP contribution in [0.3, 0.4) is 0 Å². The molecule has 1 nitrogen and oxygen atoms in total. The molecule has 0 spiro atoms. The first-order valence-electron chi connectivity index (χ1n) is 10.4. The third-order valence-corrected chi connectivity index (χ3v) is 5.15. The average molecular weight is 313 g/mol. The van der Waals surface area contributed by atoms with Crippen molar-refractivity contribution in [2.24, 2.45) is 0 Å². The van der Waals surface area contributed by atoms with Crippen LogP contribution in [0.1, 0.15) is 130 Å². The zero-order valence-electron chi connectivity index (χ0n) is 16.0. The molecule has 0 aromatic heterocycles. The van der Waals surface area contributed by atoms with Gasteiger partial charge in [0.2, 0.25) is 0 Å². The van der Waals surface area contributed by atoms with Gasteiger partial charge >= 0.3 is 0 Å². The highest BCUT2D eigenvalue weighted by molar-refractivity contribution is 4.76. The highest BCUT2D eigenvalue weighted by Gasteiger charge is 2.23. The Bertz CT molecular complexity index is 194. The fourth-order valence-corrected chi connectivity index (χ4v) is 3.30. The van der Waals surface area contributed by atoms with E-state index in [1.807, 2.05) is 0 Å². The molecule has 0 radical (unpaired) electrons. The van der Waals surface area contributed by atoms with Crippen LogP contribution in [-0.2, 0) is 0 Å². The molecule has 0 unspecified atom stereocenters. The molecule has 0 aliphatic heterocycles. The first-order chi connectivity index (χ1) is 10.7. The van der Waals surface area contributed by atoms with E-state index in [2.05, 4.69) is 20.8 Å². The van der Waals surface area contributed by atoms with Crippen molar-refractivity contribution in [1.82, 2.24) is 0 Å². The molecule has 0 atom stereocenters. The largest absolute Gasteiger partial charge is 0.390 e. The Balaban J connectivity index is 3.54. The van der Waals surface area contributed by atoms with Crippen molar-refractivity contribution >= 4 is 0 Å². The third kappa shape index (κ3) is 13.6. The second-order valence-electron chi connectivity index (χ2n) is 7.32. The van der Waals surface area contributed by atoms with Crippen LogP contribution in [0, 0.1) is 0 Å². The normalized spacial score (nSPS) is 12.0. The van der Waals surface area contributed by atoms with E-state index in [0.29, 0.717) is 0 Å². The van der Waals surface area contributed by atoms with Crippen LogP contribution in [0.5, 0.6) is 0 Å². The smallest absolute Gasteiger partial charge is 0.0645 e. The van der Waals surface area contributed by atoms with Gasteiger partial charge < -0.3 is 5.11 Å². The van der Waals surface area contributed by atoms with Crippen molar-refractivity contribution in [2.75, 3.05) is 0 Å². The van der Waals surface area contributed by atoms with E-state index in [1.54, 1.807) is 0 Å². The lowest BCUT2D eigenvalue weighted by Gasteiger charge is -2.27. The summed E-state index contributed by atoms with van der Waals surface area (Å²) < 4.78 is 0. The highest BCUT2D eigenvalue weighted by atomic mass is 16.3. The monoisotopic (exact) mass is 312 g/mol.